The Morgan fingerprint density at radius 2 is 2.19 bits per heavy atom. The van der Waals surface area contributed by atoms with Crippen LogP contribution in [-0.2, 0) is 14.8 Å². The van der Waals surface area contributed by atoms with Gasteiger partial charge in [0.25, 0.3) is 5.91 Å². The highest BCUT2D eigenvalue weighted by atomic mass is 32.2. The van der Waals surface area contributed by atoms with E-state index in [9.17, 15) is 13.2 Å². The van der Waals surface area contributed by atoms with E-state index in [2.05, 4.69) is 10.5 Å². The normalized spacial score (nSPS) is 24.5. The Balaban J connectivity index is 1.52. The third-order valence-electron chi connectivity index (χ3n) is 5.00. The van der Waals surface area contributed by atoms with Gasteiger partial charge in [-0.2, -0.15) is 4.31 Å². The Labute approximate surface area is 154 Å². The minimum Gasteiger partial charge on any atom is -0.385 e. The molecule has 1 aromatic rings. The van der Waals surface area contributed by atoms with Crippen molar-refractivity contribution in [2.75, 3.05) is 26.0 Å². The predicted molar refractivity (Wildman–Crippen MR) is 95.4 cm³/mol. The van der Waals surface area contributed by atoms with E-state index in [4.69, 9.17) is 9.26 Å². The highest BCUT2D eigenvalue weighted by Gasteiger charge is 2.34. The first kappa shape index (κ1) is 19.3. The van der Waals surface area contributed by atoms with Crippen LogP contribution in [0.5, 0.6) is 0 Å². The van der Waals surface area contributed by atoms with Gasteiger partial charge in [-0.25, -0.2) is 8.42 Å². The summed E-state index contributed by atoms with van der Waals surface area (Å²) in [7, 11) is -1.73. The molecule has 1 N–H and O–H groups in total. The number of carbonyl (C=O) groups excluding carboxylic acids is 1. The maximum atomic E-state index is 12.5. The molecule has 0 bridgehead atoms. The Kier molecular flexibility index (Phi) is 5.99. The van der Waals surface area contributed by atoms with Gasteiger partial charge in [0, 0.05) is 44.3 Å². The maximum Gasteiger partial charge on any atom is 0.273 e. The Hall–Kier alpha value is -1.45. The molecule has 0 unspecified atom stereocenters. The van der Waals surface area contributed by atoms with Crippen molar-refractivity contribution in [1.82, 2.24) is 14.8 Å². The summed E-state index contributed by atoms with van der Waals surface area (Å²) >= 11 is 0. The van der Waals surface area contributed by atoms with Crippen molar-refractivity contribution >= 4 is 15.9 Å². The van der Waals surface area contributed by atoms with Gasteiger partial charge in [-0.1, -0.05) is 5.16 Å². The van der Waals surface area contributed by atoms with Gasteiger partial charge in [0.05, 0.1) is 5.75 Å². The molecule has 1 aromatic heterocycles. The summed E-state index contributed by atoms with van der Waals surface area (Å²) in [5.41, 5.74) is 0.300. The standard InChI is InChI=1S/C17H27N3O5S/c1-12-10-14(6-7-20(12)26(22,23)9-3-8-24-2)18-17(21)15-11-16(25-19-15)13-4-5-13/h11-14H,3-10H2,1-2H3,(H,18,21)/t12-,14+/m1/s1. The predicted octanol–water partition coefficient (Wildman–Crippen LogP) is 1.50. The fourth-order valence-corrected chi connectivity index (χ4v) is 5.15. The summed E-state index contributed by atoms with van der Waals surface area (Å²) in [6.45, 7) is 2.72. The summed E-state index contributed by atoms with van der Waals surface area (Å²) in [5.74, 6) is 1.02. The third-order valence-corrected chi connectivity index (χ3v) is 7.06. The summed E-state index contributed by atoms with van der Waals surface area (Å²) in [4.78, 5) is 12.3. The van der Waals surface area contributed by atoms with Crippen molar-refractivity contribution in [2.24, 2.45) is 0 Å². The fourth-order valence-electron chi connectivity index (χ4n) is 3.41. The summed E-state index contributed by atoms with van der Waals surface area (Å²) in [6.07, 6.45) is 3.84. The highest BCUT2D eigenvalue weighted by molar-refractivity contribution is 7.89. The number of nitrogens with one attached hydrogen (secondary N) is 1. The first-order chi connectivity index (χ1) is 12.4. The van der Waals surface area contributed by atoms with Gasteiger partial charge in [-0.15, -0.1) is 0 Å². The van der Waals surface area contributed by atoms with Crippen LogP contribution in [-0.4, -0.2) is 61.9 Å². The molecule has 1 amide bonds. The van der Waals surface area contributed by atoms with Gasteiger partial charge < -0.3 is 14.6 Å². The van der Waals surface area contributed by atoms with Crippen molar-refractivity contribution in [1.29, 1.82) is 0 Å². The monoisotopic (exact) mass is 385 g/mol. The van der Waals surface area contributed by atoms with Crippen molar-refractivity contribution in [2.45, 2.75) is 57.0 Å². The van der Waals surface area contributed by atoms with E-state index in [0.717, 1.165) is 18.6 Å². The van der Waals surface area contributed by atoms with Gasteiger partial charge in [0.15, 0.2) is 5.69 Å². The first-order valence-corrected chi connectivity index (χ1v) is 10.8. The third kappa shape index (κ3) is 4.63. The largest absolute Gasteiger partial charge is 0.385 e. The number of hydrogen-bond donors (Lipinski definition) is 1. The van der Waals surface area contributed by atoms with Crippen LogP contribution in [0.2, 0.25) is 0 Å². The van der Waals surface area contributed by atoms with E-state index in [0.29, 0.717) is 44.0 Å². The average molecular weight is 385 g/mol. The van der Waals surface area contributed by atoms with Crippen LogP contribution in [0.1, 0.15) is 61.2 Å². The van der Waals surface area contributed by atoms with E-state index >= 15 is 0 Å². The smallest absolute Gasteiger partial charge is 0.273 e. The number of carbonyl (C=O) groups is 1. The Bertz CT molecular complexity index is 729. The fraction of sp³-hybridized carbons (Fsp3) is 0.765. The van der Waals surface area contributed by atoms with E-state index in [1.54, 1.807) is 17.5 Å². The number of rotatable bonds is 8. The zero-order valence-corrected chi connectivity index (χ0v) is 16.1. The molecule has 2 fully saturated rings. The number of aromatic nitrogens is 1. The summed E-state index contributed by atoms with van der Waals surface area (Å²) in [6, 6.07) is 1.50. The zero-order valence-electron chi connectivity index (χ0n) is 15.3. The zero-order chi connectivity index (χ0) is 18.7. The van der Waals surface area contributed by atoms with Crippen molar-refractivity contribution in [3.05, 3.63) is 17.5 Å². The second kappa shape index (κ2) is 8.06. The molecule has 146 valence electrons. The highest BCUT2D eigenvalue weighted by Crippen LogP contribution is 2.40. The molecule has 0 spiro atoms. The average Bonchev–Trinajstić information content (AvgIpc) is 3.31. The first-order valence-electron chi connectivity index (χ1n) is 9.16. The number of ether oxygens (including phenoxy) is 1. The lowest BCUT2D eigenvalue weighted by atomic mass is 10.0. The lowest BCUT2D eigenvalue weighted by Crippen LogP contribution is -2.51. The van der Waals surface area contributed by atoms with Gasteiger partial charge in [0.2, 0.25) is 10.0 Å². The topological polar surface area (TPSA) is 102 Å². The maximum absolute atomic E-state index is 12.5. The number of nitrogens with zero attached hydrogens (tertiary/aromatic N) is 2. The van der Waals surface area contributed by atoms with E-state index in [-0.39, 0.29) is 23.7 Å². The summed E-state index contributed by atoms with van der Waals surface area (Å²) in [5, 5.41) is 6.81. The van der Waals surface area contributed by atoms with Crippen LogP contribution < -0.4 is 5.32 Å². The molecule has 2 aliphatic rings. The molecule has 3 rings (SSSR count). The second-order valence-corrected chi connectivity index (χ2v) is 9.25. The molecule has 0 radical (unpaired) electrons. The van der Waals surface area contributed by atoms with Crippen LogP contribution in [0.25, 0.3) is 0 Å². The van der Waals surface area contributed by atoms with Gasteiger partial charge >= 0.3 is 0 Å². The van der Waals surface area contributed by atoms with Crippen molar-refractivity contribution < 1.29 is 22.5 Å². The van der Waals surface area contributed by atoms with E-state index in [1.165, 1.54) is 0 Å². The number of piperidine rings is 1. The van der Waals surface area contributed by atoms with Gasteiger partial charge in [-0.05, 0) is 39.0 Å². The Morgan fingerprint density at radius 3 is 2.85 bits per heavy atom. The van der Waals surface area contributed by atoms with E-state index in [1.807, 2.05) is 6.92 Å². The molecule has 1 saturated carbocycles. The number of methoxy groups -OCH3 is 1. The Morgan fingerprint density at radius 1 is 1.42 bits per heavy atom. The van der Waals surface area contributed by atoms with E-state index < -0.39 is 10.0 Å². The van der Waals surface area contributed by atoms with Gasteiger partial charge in [0.1, 0.15) is 5.76 Å². The molecule has 26 heavy (non-hydrogen) atoms. The molecule has 1 aliphatic carbocycles. The SMILES string of the molecule is COCCCS(=O)(=O)N1CC[C@H](NC(=O)c2cc(C3CC3)on2)C[C@H]1C. The lowest BCUT2D eigenvalue weighted by Gasteiger charge is -2.36. The van der Waals surface area contributed by atoms with Gasteiger partial charge in [-0.3, -0.25) is 4.79 Å². The van der Waals surface area contributed by atoms with Crippen LogP contribution in [0.3, 0.4) is 0 Å². The minimum atomic E-state index is -3.29. The van der Waals surface area contributed by atoms with Crippen LogP contribution in [0.4, 0.5) is 0 Å². The van der Waals surface area contributed by atoms with Crippen molar-refractivity contribution in [3.63, 3.8) is 0 Å². The molecule has 8 nitrogen and oxygen atoms in total. The van der Waals surface area contributed by atoms with Crippen LogP contribution in [0, 0.1) is 0 Å². The minimum absolute atomic E-state index is 0.0657. The molecular weight excluding hydrogens is 358 g/mol. The van der Waals surface area contributed by atoms with Crippen LogP contribution in [0.15, 0.2) is 10.6 Å². The number of hydrogen-bond acceptors (Lipinski definition) is 6. The molecule has 0 aromatic carbocycles. The molecule has 2 atom stereocenters. The second-order valence-electron chi connectivity index (χ2n) is 7.21. The molecule has 9 heteroatoms. The molecule has 1 saturated heterocycles. The molecule has 1 aliphatic heterocycles. The van der Waals surface area contributed by atoms with Crippen LogP contribution >= 0.6 is 0 Å². The number of sulfonamides is 1. The quantitative estimate of drug-likeness (QED) is 0.681. The summed E-state index contributed by atoms with van der Waals surface area (Å²) < 4.78 is 36.6. The van der Waals surface area contributed by atoms with Crippen molar-refractivity contribution in [3.8, 4) is 0 Å². The molecular formula is C17H27N3O5S. The number of amides is 1. The molecule has 2 heterocycles. The lowest BCUT2D eigenvalue weighted by molar-refractivity contribution is 0.0905.